The van der Waals surface area contributed by atoms with Crippen molar-refractivity contribution in [1.29, 1.82) is 5.26 Å². The molecule has 3 atom stereocenters. The van der Waals surface area contributed by atoms with Crippen molar-refractivity contribution in [2.75, 3.05) is 19.4 Å². The third-order valence-electron chi connectivity index (χ3n) is 3.70. The number of benzene rings is 1. The van der Waals surface area contributed by atoms with Gasteiger partial charge in [-0.15, -0.1) is 0 Å². The molecule has 0 aliphatic carbocycles. The number of nitrogens with one attached hydrogen (secondary N) is 1. The van der Waals surface area contributed by atoms with Gasteiger partial charge in [0, 0.05) is 17.6 Å². The summed E-state index contributed by atoms with van der Waals surface area (Å²) in [6, 6.07) is 12.4. The van der Waals surface area contributed by atoms with E-state index in [4.69, 9.17) is 4.74 Å². The van der Waals surface area contributed by atoms with E-state index in [9.17, 15) is 5.26 Å². The minimum absolute atomic E-state index is 0.286. The lowest BCUT2D eigenvalue weighted by Gasteiger charge is -2.28. The number of hydrogen-bond acceptors (Lipinski definition) is 4. The molecule has 4 heteroatoms. The second kappa shape index (κ2) is 6.42. The van der Waals surface area contributed by atoms with Crippen molar-refractivity contribution in [3.63, 3.8) is 0 Å². The minimum atomic E-state index is -0.617. The van der Waals surface area contributed by atoms with Crippen molar-refractivity contribution in [2.24, 2.45) is 0 Å². The second-order valence-electron chi connectivity index (χ2n) is 4.85. The first-order valence-electron chi connectivity index (χ1n) is 6.61. The highest BCUT2D eigenvalue weighted by Crippen LogP contribution is 2.32. The molecule has 102 valence electrons. The first-order valence-corrected chi connectivity index (χ1v) is 7.65. The number of thioether (sulfide) groups is 1. The first kappa shape index (κ1) is 14.4. The molecule has 0 saturated carbocycles. The Hall–Kier alpha value is -1.02. The fourth-order valence-corrected chi connectivity index (χ4v) is 3.79. The van der Waals surface area contributed by atoms with Crippen LogP contribution in [0.1, 0.15) is 18.9 Å². The molecular formula is C15H20N2OS. The van der Waals surface area contributed by atoms with E-state index in [0.29, 0.717) is 5.25 Å². The predicted octanol–water partition coefficient (Wildman–Crippen LogP) is 2.54. The van der Waals surface area contributed by atoms with Gasteiger partial charge in [0.2, 0.25) is 0 Å². The molecule has 3 unspecified atom stereocenters. The Morgan fingerprint density at radius 2 is 2.21 bits per heavy atom. The van der Waals surface area contributed by atoms with E-state index in [2.05, 4.69) is 18.3 Å². The highest BCUT2D eigenvalue weighted by atomic mass is 32.2. The monoisotopic (exact) mass is 276 g/mol. The summed E-state index contributed by atoms with van der Waals surface area (Å²) >= 11 is 1.83. The fraction of sp³-hybridized carbons (Fsp3) is 0.533. The minimum Gasteiger partial charge on any atom is -0.377 e. The normalized spacial score (nSPS) is 25.7. The average Bonchev–Trinajstić information content (AvgIpc) is 2.87. The first-order chi connectivity index (χ1) is 9.22. The van der Waals surface area contributed by atoms with Crippen LogP contribution in [-0.2, 0) is 10.3 Å². The van der Waals surface area contributed by atoms with E-state index in [-0.39, 0.29) is 6.10 Å². The molecular weight excluding hydrogens is 256 g/mol. The van der Waals surface area contributed by atoms with Gasteiger partial charge >= 0.3 is 0 Å². The Morgan fingerprint density at radius 3 is 2.74 bits per heavy atom. The standard InChI is InChI=1S/C15H20N2OS/c1-12-14(8-9-18-12)19-11-15(10-16,17-2)13-6-4-3-5-7-13/h3-7,12,14,17H,8-9,11H2,1-2H3. The van der Waals surface area contributed by atoms with E-state index in [0.717, 1.165) is 24.3 Å². The summed E-state index contributed by atoms with van der Waals surface area (Å²) < 4.78 is 5.58. The summed E-state index contributed by atoms with van der Waals surface area (Å²) in [6.45, 7) is 2.95. The molecule has 0 radical (unpaired) electrons. The third kappa shape index (κ3) is 3.11. The molecule has 3 nitrogen and oxygen atoms in total. The molecule has 1 aliphatic rings. The van der Waals surface area contributed by atoms with Crippen molar-refractivity contribution in [3.05, 3.63) is 35.9 Å². The van der Waals surface area contributed by atoms with Gasteiger partial charge < -0.3 is 4.74 Å². The zero-order valence-corrected chi connectivity index (χ0v) is 12.2. The van der Waals surface area contributed by atoms with E-state index in [1.165, 1.54) is 0 Å². The topological polar surface area (TPSA) is 45.0 Å². The van der Waals surface area contributed by atoms with Crippen LogP contribution in [0, 0.1) is 11.3 Å². The second-order valence-corrected chi connectivity index (χ2v) is 6.07. The lowest BCUT2D eigenvalue weighted by atomic mass is 9.94. The SMILES string of the molecule is CNC(C#N)(CSC1CCOC1C)c1ccccc1. The quantitative estimate of drug-likeness (QED) is 0.897. The molecule has 1 saturated heterocycles. The van der Waals surface area contributed by atoms with Crippen LogP contribution in [0.2, 0.25) is 0 Å². The van der Waals surface area contributed by atoms with Crippen molar-refractivity contribution in [1.82, 2.24) is 5.32 Å². The number of nitriles is 1. The summed E-state index contributed by atoms with van der Waals surface area (Å²) in [5.74, 6) is 0.738. The van der Waals surface area contributed by atoms with Crippen LogP contribution in [0.4, 0.5) is 0 Å². The largest absolute Gasteiger partial charge is 0.377 e. The van der Waals surface area contributed by atoms with Gasteiger partial charge in [0.15, 0.2) is 0 Å². The van der Waals surface area contributed by atoms with Gasteiger partial charge in [-0.3, -0.25) is 5.32 Å². The van der Waals surface area contributed by atoms with Crippen LogP contribution >= 0.6 is 11.8 Å². The van der Waals surface area contributed by atoms with Crippen molar-refractivity contribution >= 4 is 11.8 Å². The van der Waals surface area contributed by atoms with Gasteiger partial charge in [0.25, 0.3) is 0 Å². The molecule has 2 rings (SSSR count). The third-order valence-corrected chi connectivity index (χ3v) is 5.35. The Kier molecular flexibility index (Phi) is 4.87. The molecule has 0 aromatic heterocycles. The molecule has 0 spiro atoms. The number of hydrogen-bond donors (Lipinski definition) is 1. The van der Waals surface area contributed by atoms with Crippen LogP contribution in [0.15, 0.2) is 30.3 Å². The van der Waals surface area contributed by atoms with Crippen LogP contribution < -0.4 is 5.32 Å². The van der Waals surface area contributed by atoms with Crippen molar-refractivity contribution in [2.45, 2.75) is 30.2 Å². The van der Waals surface area contributed by atoms with E-state index >= 15 is 0 Å². The van der Waals surface area contributed by atoms with Crippen LogP contribution in [0.25, 0.3) is 0 Å². The maximum atomic E-state index is 9.61. The summed E-state index contributed by atoms with van der Waals surface area (Å²) in [5.41, 5.74) is 0.410. The Bertz CT molecular complexity index is 445. The van der Waals surface area contributed by atoms with Crippen molar-refractivity contribution in [3.8, 4) is 6.07 Å². The summed E-state index contributed by atoms with van der Waals surface area (Å²) in [5, 5.41) is 13.3. The van der Waals surface area contributed by atoms with Gasteiger partial charge in [-0.2, -0.15) is 17.0 Å². The Balaban J connectivity index is 2.10. The molecule has 0 amide bonds. The Morgan fingerprint density at radius 1 is 1.47 bits per heavy atom. The van der Waals surface area contributed by atoms with Gasteiger partial charge in [-0.05, 0) is 26.0 Å². The maximum Gasteiger partial charge on any atom is 0.141 e. The molecule has 1 N–H and O–H groups in total. The summed E-state index contributed by atoms with van der Waals surface area (Å²) in [4.78, 5) is 0. The smallest absolute Gasteiger partial charge is 0.141 e. The molecule has 1 aromatic carbocycles. The summed E-state index contributed by atoms with van der Waals surface area (Å²) in [7, 11) is 1.85. The van der Waals surface area contributed by atoms with Gasteiger partial charge in [-0.25, -0.2) is 0 Å². The summed E-state index contributed by atoms with van der Waals surface area (Å²) in [6.07, 6.45) is 1.36. The van der Waals surface area contributed by atoms with Crippen molar-refractivity contribution < 1.29 is 4.74 Å². The zero-order valence-electron chi connectivity index (χ0n) is 11.4. The van der Waals surface area contributed by atoms with Crippen LogP contribution in [-0.4, -0.2) is 30.8 Å². The number of rotatable bonds is 5. The number of nitrogens with zero attached hydrogens (tertiary/aromatic N) is 1. The predicted molar refractivity (Wildman–Crippen MR) is 79.1 cm³/mol. The molecule has 0 bridgehead atoms. The molecule has 1 aliphatic heterocycles. The fourth-order valence-electron chi connectivity index (χ4n) is 2.34. The van der Waals surface area contributed by atoms with Crippen LogP contribution in [0.3, 0.4) is 0 Å². The highest BCUT2D eigenvalue weighted by Gasteiger charge is 2.33. The molecule has 1 heterocycles. The lowest BCUT2D eigenvalue weighted by Crippen LogP contribution is -2.41. The van der Waals surface area contributed by atoms with E-state index in [1.807, 2.05) is 49.1 Å². The van der Waals surface area contributed by atoms with Gasteiger partial charge in [0.1, 0.15) is 5.54 Å². The Labute approximate surface area is 119 Å². The lowest BCUT2D eigenvalue weighted by molar-refractivity contribution is 0.127. The molecule has 1 fully saturated rings. The number of ether oxygens (including phenoxy) is 1. The highest BCUT2D eigenvalue weighted by molar-refractivity contribution is 8.00. The van der Waals surface area contributed by atoms with E-state index in [1.54, 1.807) is 0 Å². The van der Waals surface area contributed by atoms with Gasteiger partial charge in [0.05, 0.1) is 12.2 Å². The van der Waals surface area contributed by atoms with Crippen LogP contribution in [0.5, 0.6) is 0 Å². The maximum absolute atomic E-state index is 9.61. The average molecular weight is 276 g/mol. The zero-order chi connectivity index (χ0) is 13.7. The molecule has 19 heavy (non-hydrogen) atoms. The van der Waals surface area contributed by atoms with E-state index < -0.39 is 5.54 Å². The van der Waals surface area contributed by atoms with Gasteiger partial charge in [-0.1, -0.05) is 30.3 Å². The molecule has 1 aromatic rings.